The monoisotopic (exact) mass is 210 g/mol. The standard InChI is InChI=1S/C10H18N4O/c1-4-9-12-10(14(3)13-9)7-5-15-6-8(7)11-2/h7-8,11H,4-6H2,1-3H3. The summed E-state index contributed by atoms with van der Waals surface area (Å²) in [5.41, 5.74) is 0. The highest BCUT2D eigenvalue weighted by molar-refractivity contribution is 5.06. The fourth-order valence-corrected chi connectivity index (χ4v) is 2.02. The van der Waals surface area contributed by atoms with Gasteiger partial charge in [0.15, 0.2) is 5.82 Å². The highest BCUT2D eigenvalue weighted by Crippen LogP contribution is 2.23. The lowest BCUT2D eigenvalue weighted by atomic mass is 10.0. The molecule has 1 fully saturated rings. The molecule has 0 amide bonds. The third kappa shape index (κ3) is 1.89. The molecule has 2 heterocycles. The molecule has 1 aromatic rings. The number of hydrogen-bond donors (Lipinski definition) is 1. The van der Waals surface area contributed by atoms with Gasteiger partial charge in [-0.2, -0.15) is 5.10 Å². The van der Waals surface area contributed by atoms with Crippen LogP contribution in [-0.4, -0.2) is 41.1 Å². The summed E-state index contributed by atoms with van der Waals surface area (Å²) in [5, 5.41) is 7.63. The van der Waals surface area contributed by atoms with Gasteiger partial charge >= 0.3 is 0 Å². The maximum Gasteiger partial charge on any atom is 0.150 e. The Balaban J connectivity index is 2.24. The summed E-state index contributed by atoms with van der Waals surface area (Å²) in [5.74, 6) is 2.27. The molecule has 1 saturated heterocycles. The first kappa shape index (κ1) is 10.6. The second-order valence-corrected chi connectivity index (χ2v) is 3.90. The molecule has 84 valence electrons. The quantitative estimate of drug-likeness (QED) is 0.767. The third-order valence-corrected chi connectivity index (χ3v) is 2.94. The smallest absolute Gasteiger partial charge is 0.150 e. The second-order valence-electron chi connectivity index (χ2n) is 3.90. The summed E-state index contributed by atoms with van der Waals surface area (Å²) in [7, 11) is 3.91. The van der Waals surface area contributed by atoms with Crippen molar-refractivity contribution in [2.75, 3.05) is 20.3 Å². The van der Waals surface area contributed by atoms with Crippen LogP contribution >= 0.6 is 0 Å². The molecule has 5 nitrogen and oxygen atoms in total. The molecule has 0 aromatic carbocycles. The predicted octanol–water partition coefficient (Wildman–Crippen LogP) is 0.0793. The molecular weight excluding hydrogens is 192 g/mol. The Morgan fingerprint density at radius 1 is 1.53 bits per heavy atom. The zero-order chi connectivity index (χ0) is 10.8. The Labute approximate surface area is 89.8 Å². The molecule has 1 aromatic heterocycles. The van der Waals surface area contributed by atoms with Crippen LogP contribution in [0, 0.1) is 0 Å². The van der Waals surface area contributed by atoms with Crippen LogP contribution in [0.25, 0.3) is 0 Å². The van der Waals surface area contributed by atoms with Crippen molar-refractivity contribution in [1.82, 2.24) is 20.1 Å². The third-order valence-electron chi connectivity index (χ3n) is 2.94. The van der Waals surface area contributed by atoms with Crippen molar-refractivity contribution in [3.63, 3.8) is 0 Å². The molecule has 2 unspecified atom stereocenters. The number of rotatable bonds is 3. The first-order chi connectivity index (χ1) is 7.26. The summed E-state index contributed by atoms with van der Waals surface area (Å²) in [6.45, 7) is 3.57. The van der Waals surface area contributed by atoms with Gasteiger partial charge in [0.1, 0.15) is 5.82 Å². The van der Waals surface area contributed by atoms with Crippen molar-refractivity contribution in [1.29, 1.82) is 0 Å². The molecule has 15 heavy (non-hydrogen) atoms. The average Bonchev–Trinajstić information content (AvgIpc) is 2.82. The van der Waals surface area contributed by atoms with E-state index in [2.05, 4.69) is 22.3 Å². The first-order valence-electron chi connectivity index (χ1n) is 5.41. The van der Waals surface area contributed by atoms with Gasteiger partial charge < -0.3 is 10.1 Å². The maximum absolute atomic E-state index is 5.47. The van der Waals surface area contributed by atoms with E-state index >= 15 is 0 Å². The zero-order valence-electron chi connectivity index (χ0n) is 9.53. The number of nitrogens with one attached hydrogen (secondary N) is 1. The molecule has 0 saturated carbocycles. The van der Waals surface area contributed by atoms with Gasteiger partial charge in [-0.15, -0.1) is 0 Å². The highest BCUT2D eigenvalue weighted by Gasteiger charge is 2.31. The molecule has 1 aliphatic heterocycles. The first-order valence-corrected chi connectivity index (χ1v) is 5.41. The van der Waals surface area contributed by atoms with Gasteiger partial charge in [0.2, 0.25) is 0 Å². The van der Waals surface area contributed by atoms with Crippen molar-refractivity contribution in [3.05, 3.63) is 11.6 Å². The minimum absolute atomic E-state index is 0.327. The van der Waals surface area contributed by atoms with Crippen molar-refractivity contribution in [2.24, 2.45) is 7.05 Å². The van der Waals surface area contributed by atoms with Crippen molar-refractivity contribution in [2.45, 2.75) is 25.3 Å². The lowest BCUT2D eigenvalue weighted by Gasteiger charge is -2.15. The molecular formula is C10H18N4O. The van der Waals surface area contributed by atoms with E-state index in [-0.39, 0.29) is 0 Å². The van der Waals surface area contributed by atoms with Crippen molar-refractivity contribution >= 4 is 0 Å². The van der Waals surface area contributed by atoms with Crippen LogP contribution < -0.4 is 5.32 Å². The van der Waals surface area contributed by atoms with E-state index in [1.54, 1.807) is 0 Å². The fraction of sp³-hybridized carbons (Fsp3) is 0.800. The summed E-state index contributed by atoms with van der Waals surface area (Å²) in [6.07, 6.45) is 0.881. The summed E-state index contributed by atoms with van der Waals surface area (Å²) in [6, 6.07) is 0.359. The molecule has 2 atom stereocenters. The molecule has 0 aliphatic carbocycles. The van der Waals surface area contributed by atoms with Crippen LogP contribution in [0.5, 0.6) is 0 Å². The molecule has 0 radical (unpaired) electrons. The number of ether oxygens (including phenoxy) is 1. The SMILES string of the molecule is CCc1nc(C2COCC2NC)n(C)n1. The molecule has 5 heteroatoms. The minimum atomic E-state index is 0.327. The van der Waals surface area contributed by atoms with E-state index in [1.165, 1.54) is 0 Å². The molecule has 0 bridgehead atoms. The van der Waals surface area contributed by atoms with Crippen LogP contribution in [0.15, 0.2) is 0 Å². The van der Waals surface area contributed by atoms with Crippen molar-refractivity contribution < 1.29 is 4.74 Å². The number of hydrogen-bond acceptors (Lipinski definition) is 4. The summed E-state index contributed by atoms with van der Waals surface area (Å²) >= 11 is 0. The second kappa shape index (κ2) is 4.28. The van der Waals surface area contributed by atoms with E-state index in [0.29, 0.717) is 12.0 Å². The van der Waals surface area contributed by atoms with Gasteiger partial charge in [-0.1, -0.05) is 6.92 Å². The van der Waals surface area contributed by atoms with Crippen LogP contribution in [0.1, 0.15) is 24.5 Å². The lowest BCUT2D eigenvalue weighted by Crippen LogP contribution is -2.32. The Bertz CT molecular complexity index is 336. The number of nitrogens with zero attached hydrogens (tertiary/aromatic N) is 3. The van der Waals surface area contributed by atoms with Gasteiger partial charge in [-0.25, -0.2) is 4.98 Å². The predicted molar refractivity (Wildman–Crippen MR) is 56.8 cm³/mol. The zero-order valence-corrected chi connectivity index (χ0v) is 9.53. The molecule has 1 N–H and O–H groups in total. The average molecular weight is 210 g/mol. The number of likely N-dealkylation sites (N-methyl/N-ethyl adjacent to an activating group) is 1. The van der Waals surface area contributed by atoms with Crippen LogP contribution in [0.2, 0.25) is 0 Å². The largest absolute Gasteiger partial charge is 0.379 e. The Hall–Kier alpha value is -0.940. The van der Waals surface area contributed by atoms with Crippen LogP contribution in [0.3, 0.4) is 0 Å². The normalized spacial score (nSPS) is 26.1. The van der Waals surface area contributed by atoms with Gasteiger partial charge in [0.25, 0.3) is 0 Å². The minimum Gasteiger partial charge on any atom is -0.379 e. The van der Waals surface area contributed by atoms with Crippen LogP contribution in [-0.2, 0) is 18.2 Å². The van der Waals surface area contributed by atoms with Gasteiger partial charge in [-0.05, 0) is 7.05 Å². The lowest BCUT2D eigenvalue weighted by molar-refractivity contribution is 0.187. The van der Waals surface area contributed by atoms with Gasteiger partial charge in [-0.3, -0.25) is 4.68 Å². The van der Waals surface area contributed by atoms with E-state index in [9.17, 15) is 0 Å². The Morgan fingerprint density at radius 3 is 2.93 bits per heavy atom. The molecule has 2 rings (SSSR count). The topological polar surface area (TPSA) is 52.0 Å². The van der Waals surface area contributed by atoms with E-state index < -0.39 is 0 Å². The van der Waals surface area contributed by atoms with Gasteiger partial charge in [0, 0.05) is 19.5 Å². The number of aryl methyl sites for hydroxylation is 2. The van der Waals surface area contributed by atoms with E-state index in [1.807, 2.05) is 18.8 Å². The van der Waals surface area contributed by atoms with Crippen molar-refractivity contribution in [3.8, 4) is 0 Å². The van der Waals surface area contributed by atoms with Crippen LogP contribution in [0.4, 0.5) is 0 Å². The fourth-order valence-electron chi connectivity index (χ4n) is 2.02. The Kier molecular flexibility index (Phi) is 3.02. The van der Waals surface area contributed by atoms with E-state index in [4.69, 9.17) is 4.74 Å². The molecule has 1 aliphatic rings. The molecule has 0 spiro atoms. The van der Waals surface area contributed by atoms with E-state index in [0.717, 1.165) is 31.3 Å². The summed E-state index contributed by atoms with van der Waals surface area (Å²) < 4.78 is 7.35. The maximum atomic E-state index is 5.47. The highest BCUT2D eigenvalue weighted by atomic mass is 16.5. The Morgan fingerprint density at radius 2 is 2.33 bits per heavy atom. The summed E-state index contributed by atoms with van der Waals surface area (Å²) in [4.78, 5) is 4.54. The number of aromatic nitrogens is 3. The van der Waals surface area contributed by atoms with Gasteiger partial charge in [0.05, 0.1) is 19.1 Å².